The summed E-state index contributed by atoms with van der Waals surface area (Å²) >= 11 is 0. The molecule has 2 amide bonds. The number of carbonyl (C=O) groups excluding carboxylic acids is 2. The molecular formula is C22H25N3O4. The molecule has 0 bridgehead atoms. The van der Waals surface area contributed by atoms with Crippen LogP contribution in [0.4, 0.5) is 5.69 Å². The van der Waals surface area contributed by atoms with Gasteiger partial charge in [-0.2, -0.15) is 0 Å². The van der Waals surface area contributed by atoms with E-state index in [-0.39, 0.29) is 24.3 Å². The largest absolute Gasteiger partial charge is 0.419 e. The Morgan fingerprint density at radius 3 is 2.62 bits per heavy atom. The number of fused-ring (bicyclic) bond motifs is 1. The van der Waals surface area contributed by atoms with E-state index in [1.165, 1.54) is 4.57 Å². The second-order valence-electron chi connectivity index (χ2n) is 6.97. The van der Waals surface area contributed by atoms with Gasteiger partial charge < -0.3 is 15.1 Å². The number of hydrogen-bond acceptors (Lipinski definition) is 4. The summed E-state index contributed by atoms with van der Waals surface area (Å²) in [6.45, 7) is 4.30. The minimum Gasteiger partial charge on any atom is -0.408 e. The molecule has 7 heteroatoms. The number of benzene rings is 2. The van der Waals surface area contributed by atoms with Crippen molar-refractivity contribution in [2.75, 3.05) is 5.32 Å². The Balaban J connectivity index is 1.61. The van der Waals surface area contributed by atoms with Crippen LogP contribution in [0.1, 0.15) is 43.5 Å². The van der Waals surface area contributed by atoms with Gasteiger partial charge in [0.25, 0.3) is 5.91 Å². The topological polar surface area (TPSA) is 93.3 Å². The molecule has 1 unspecified atom stereocenters. The molecule has 1 heterocycles. The highest BCUT2D eigenvalue weighted by Gasteiger charge is 2.15. The maximum atomic E-state index is 12.4. The second kappa shape index (κ2) is 9.23. The molecule has 0 spiro atoms. The molecule has 0 radical (unpaired) electrons. The lowest BCUT2D eigenvalue weighted by molar-refractivity contribution is -0.116. The summed E-state index contributed by atoms with van der Waals surface area (Å²) in [5, 5.41) is 5.71. The van der Waals surface area contributed by atoms with Crippen molar-refractivity contribution >= 4 is 28.6 Å². The van der Waals surface area contributed by atoms with Gasteiger partial charge in [0.1, 0.15) is 0 Å². The van der Waals surface area contributed by atoms with E-state index in [1.54, 1.807) is 36.4 Å². The highest BCUT2D eigenvalue weighted by molar-refractivity contribution is 6.03. The highest BCUT2D eigenvalue weighted by Crippen LogP contribution is 2.17. The van der Waals surface area contributed by atoms with Crippen molar-refractivity contribution in [3.05, 3.63) is 64.6 Å². The van der Waals surface area contributed by atoms with E-state index in [0.29, 0.717) is 35.3 Å². The third-order valence-corrected chi connectivity index (χ3v) is 4.79. The van der Waals surface area contributed by atoms with E-state index in [2.05, 4.69) is 10.6 Å². The van der Waals surface area contributed by atoms with E-state index in [1.807, 2.05) is 26.0 Å². The van der Waals surface area contributed by atoms with Crippen molar-refractivity contribution < 1.29 is 14.0 Å². The molecule has 0 saturated carbocycles. The first kappa shape index (κ1) is 20.4. The fraction of sp³-hybridized carbons (Fsp3) is 0.318. The van der Waals surface area contributed by atoms with Crippen molar-refractivity contribution in [3.63, 3.8) is 0 Å². The average molecular weight is 395 g/mol. The number of oxazole rings is 1. The zero-order valence-electron chi connectivity index (χ0n) is 16.6. The quantitative estimate of drug-likeness (QED) is 0.610. The summed E-state index contributed by atoms with van der Waals surface area (Å²) in [4.78, 5) is 36.8. The minimum atomic E-state index is -0.432. The molecule has 3 rings (SSSR count). The van der Waals surface area contributed by atoms with E-state index in [9.17, 15) is 14.4 Å². The van der Waals surface area contributed by atoms with Crippen LogP contribution in [-0.4, -0.2) is 22.4 Å². The van der Waals surface area contributed by atoms with Gasteiger partial charge in [0.2, 0.25) is 5.91 Å². The fourth-order valence-corrected chi connectivity index (χ4v) is 3.03. The van der Waals surface area contributed by atoms with Gasteiger partial charge in [-0.15, -0.1) is 0 Å². The van der Waals surface area contributed by atoms with E-state index in [4.69, 9.17) is 4.42 Å². The summed E-state index contributed by atoms with van der Waals surface area (Å²) in [6.07, 6.45) is 1.51. The van der Waals surface area contributed by atoms with Gasteiger partial charge in [-0.1, -0.05) is 31.2 Å². The average Bonchev–Trinajstić information content (AvgIpc) is 3.03. The van der Waals surface area contributed by atoms with Gasteiger partial charge >= 0.3 is 5.76 Å². The van der Waals surface area contributed by atoms with E-state index in [0.717, 1.165) is 6.42 Å². The number of nitrogens with zero attached hydrogens (tertiary/aromatic N) is 1. The fourth-order valence-electron chi connectivity index (χ4n) is 3.03. The van der Waals surface area contributed by atoms with Crippen molar-refractivity contribution in [1.29, 1.82) is 0 Å². The Labute approximate surface area is 168 Å². The second-order valence-corrected chi connectivity index (χ2v) is 6.97. The molecule has 2 aromatic carbocycles. The molecule has 3 aromatic rings. The minimum absolute atomic E-state index is 0.0503. The first-order chi connectivity index (χ1) is 14.0. The summed E-state index contributed by atoms with van der Waals surface area (Å²) in [6, 6.07) is 14.2. The lowest BCUT2D eigenvalue weighted by atomic mass is 10.1. The summed E-state index contributed by atoms with van der Waals surface area (Å²) in [5.74, 6) is -0.861. The molecule has 0 fully saturated rings. The van der Waals surface area contributed by atoms with Crippen LogP contribution in [0, 0.1) is 0 Å². The molecule has 0 aliphatic rings. The number of aromatic nitrogens is 1. The Morgan fingerprint density at radius 1 is 1.10 bits per heavy atom. The molecule has 0 aliphatic carbocycles. The van der Waals surface area contributed by atoms with Gasteiger partial charge in [0.05, 0.1) is 16.8 Å². The molecule has 1 atom stereocenters. The highest BCUT2D eigenvalue weighted by atomic mass is 16.4. The molecule has 0 aliphatic heterocycles. The number of hydrogen-bond donors (Lipinski definition) is 2. The number of para-hydroxylation sites is 3. The first-order valence-corrected chi connectivity index (χ1v) is 9.77. The van der Waals surface area contributed by atoms with Crippen LogP contribution in [-0.2, 0) is 11.3 Å². The lowest BCUT2D eigenvalue weighted by Crippen LogP contribution is -2.32. The Morgan fingerprint density at radius 2 is 1.83 bits per heavy atom. The zero-order valence-corrected chi connectivity index (χ0v) is 16.6. The van der Waals surface area contributed by atoms with Gasteiger partial charge in [0.15, 0.2) is 5.58 Å². The van der Waals surface area contributed by atoms with Crippen LogP contribution in [0.15, 0.2) is 57.7 Å². The Kier molecular flexibility index (Phi) is 6.49. The van der Waals surface area contributed by atoms with Crippen LogP contribution in [0.5, 0.6) is 0 Å². The number of rotatable bonds is 8. The van der Waals surface area contributed by atoms with Crippen LogP contribution in [0.3, 0.4) is 0 Å². The van der Waals surface area contributed by atoms with Crippen molar-refractivity contribution in [3.8, 4) is 0 Å². The van der Waals surface area contributed by atoms with Crippen LogP contribution in [0.2, 0.25) is 0 Å². The number of nitrogens with one attached hydrogen (secondary N) is 2. The monoisotopic (exact) mass is 395 g/mol. The molecule has 1 aromatic heterocycles. The predicted octanol–water partition coefficient (Wildman–Crippen LogP) is 3.54. The molecule has 29 heavy (non-hydrogen) atoms. The van der Waals surface area contributed by atoms with Gasteiger partial charge in [-0.3, -0.25) is 14.2 Å². The molecular weight excluding hydrogens is 370 g/mol. The molecule has 2 N–H and O–H groups in total. The third-order valence-electron chi connectivity index (χ3n) is 4.79. The van der Waals surface area contributed by atoms with Crippen LogP contribution in [0.25, 0.3) is 11.1 Å². The van der Waals surface area contributed by atoms with Crippen LogP contribution < -0.4 is 16.4 Å². The SMILES string of the molecule is CCC(C)NC(=O)c1ccccc1NC(=O)CCCn1c(=O)oc2ccccc21. The normalized spacial score (nSPS) is 11.9. The first-order valence-electron chi connectivity index (χ1n) is 9.77. The maximum absolute atomic E-state index is 12.4. The summed E-state index contributed by atoms with van der Waals surface area (Å²) < 4.78 is 6.72. The third kappa shape index (κ3) is 4.93. The molecule has 7 nitrogen and oxygen atoms in total. The van der Waals surface area contributed by atoms with Crippen LogP contribution >= 0.6 is 0 Å². The number of carbonyl (C=O) groups is 2. The number of anilines is 1. The Hall–Kier alpha value is -3.35. The van der Waals surface area contributed by atoms with Crippen molar-refractivity contribution in [1.82, 2.24) is 9.88 Å². The predicted molar refractivity (Wildman–Crippen MR) is 112 cm³/mol. The summed E-state index contributed by atoms with van der Waals surface area (Å²) in [5.41, 5.74) is 2.15. The standard InChI is InChI=1S/C22H25N3O4/c1-3-15(2)23-21(27)16-9-4-5-10-17(16)24-20(26)13-8-14-25-18-11-6-7-12-19(18)29-22(25)28/h4-7,9-12,15H,3,8,13-14H2,1-2H3,(H,23,27)(H,24,26). The van der Waals surface area contributed by atoms with Gasteiger partial charge in [0, 0.05) is 19.0 Å². The van der Waals surface area contributed by atoms with E-state index >= 15 is 0 Å². The van der Waals surface area contributed by atoms with Crippen molar-refractivity contribution in [2.45, 2.75) is 45.7 Å². The van der Waals surface area contributed by atoms with Crippen molar-refractivity contribution in [2.24, 2.45) is 0 Å². The number of aryl methyl sites for hydroxylation is 1. The maximum Gasteiger partial charge on any atom is 0.419 e. The lowest BCUT2D eigenvalue weighted by Gasteiger charge is -2.14. The van der Waals surface area contributed by atoms with E-state index < -0.39 is 5.76 Å². The van der Waals surface area contributed by atoms with Gasteiger partial charge in [-0.25, -0.2) is 4.79 Å². The smallest absolute Gasteiger partial charge is 0.408 e. The molecule has 152 valence electrons. The Bertz CT molecular complexity index is 1070. The van der Waals surface area contributed by atoms with Gasteiger partial charge in [-0.05, 0) is 44.0 Å². The summed E-state index contributed by atoms with van der Waals surface area (Å²) in [7, 11) is 0. The molecule has 0 saturated heterocycles. The number of amides is 2. The zero-order chi connectivity index (χ0) is 20.8.